The van der Waals surface area contributed by atoms with Crippen molar-refractivity contribution in [2.24, 2.45) is 11.8 Å². The Hall–Kier alpha value is -1.10. The van der Waals surface area contributed by atoms with Crippen molar-refractivity contribution >= 4 is 0 Å². The average molecular weight is 264 g/mol. The fraction of sp³-hybridized carbons (Fsp3) is 0.600. The van der Waals surface area contributed by atoms with Gasteiger partial charge in [0.15, 0.2) is 0 Å². The highest BCUT2D eigenvalue weighted by atomic mass is 16.5. The van der Waals surface area contributed by atoms with Crippen LogP contribution in [0.3, 0.4) is 0 Å². The summed E-state index contributed by atoms with van der Waals surface area (Å²) in [6, 6.07) is 8.35. The molecule has 0 bridgehead atoms. The van der Waals surface area contributed by atoms with E-state index in [-0.39, 0.29) is 12.1 Å². The van der Waals surface area contributed by atoms with Crippen molar-refractivity contribution in [1.29, 1.82) is 0 Å². The van der Waals surface area contributed by atoms with Crippen LogP contribution in [-0.2, 0) is 4.74 Å². The Kier molecular flexibility index (Phi) is 5.19. The number of hydrogen-bond acceptors (Lipinski definition) is 4. The zero-order valence-corrected chi connectivity index (χ0v) is 11.8. The first-order valence-electron chi connectivity index (χ1n) is 6.99. The fourth-order valence-electron chi connectivity index (χ4n) is 2.45. The number of benzene rings is 1. The first kappa shape index (κ1) is 14.3. The molecule has 4 nitrogen and oxygen atoms in total. The molecule has 2 unspecified atom stereocenters. The molecule has 0 aliphatic carbocycles. The molecule has 2 atom stereocenters. The zero-order valence-electron chi connectivity index (χ0n) is 11.8. The van der Waals surface area contributed by atoms with Gasteiger partial charge in [-0.2, -0.15) is 0 Å². The molecule has 0 amide bonds. The lowest BCUT2D eigenvalue weighted by molar-refractivity contribution is 0.181. The Labute approximate surface area is 115 Å². The minimum atomic E-state index is 0.180. The number of nitrogens with two attached hydrogens (primary N) is 1. The molecule has 0 spiro atoms. The predicted octanol–water partition coefficient (Wildman–Crippen LogP) is 2.40. The van der Waals surface area contributed by atoms with Crippen molar-refractivity contribution in [2.45, 2.75) is 38.8 Å². The van der Waals surface area contributed by atoms with Gasteiger partial charge < -0.3 is 9.47 Å². The van der Waals surface area contributed by atoms with Crippen LogP contribution in [0.2, 0.25) is 0 Å². The largest absolute Gasteiger partial charge is 0.491 e. The number of hydrazine groups is 1. The minimum Gasteiger partial charge on any atom is -0.491 e. The zero-order chi connectivity index (χ0) is 13.7. The van der Waals surface area contributed by atoms with E-state index in [0.29, 0.717) is 5.92 Å². The van der Waals surface area contributed by atoms with Gasteiger partial charge in [0.05, 0.1) is 6.10 Å². The molecule has 3 N–H and O–H groups in total. The van der Waals surface area contributed by atoms with Gasteiger partial charge in [-0.3, -0.25) is 11.3 Å². The lowest BCUT2D eigenvalue weighted by atomic mass is 9.94. The van der Waals surface area contributed by atoms with Gasteiger partial charge in [-0.15, -0.1) is 0 Å². The van der Waals surface area contributed by atoms with Gasteiger partial charge in [0.2, 0.25) is 0 Å². The number of nitrogens with one attached hydrogen (secondary N) is 1. The molecule has 1 fully saturated rings. The van der Waals surface area contributed by atoms with Crippen LogP contribution < -0.4 is 16.0 Å². The van der Waals surface area contributed by atoms with Gasteiger partial charge in [0.25, 0.3) is 0 Å². The molecule has 4 heteroatoms. The summed E-state index contributed by atoms with van der Waals surface area (Å²) in [4.78, 5) is 0. The van der Waals surface area contributed by atoms with Crippen LogP contribution in [-0.4, -0.2) is 19.3 Å². The van der Waals surface area contributed by atoms with E-state index < -0.39 is 0 Å². The molecule has 1 saturated heterocycles. The van der Waals surface area contributed by atoms with E-state index in [9.17, 15) is 0 Å². The van der Waals surface area contributed by atoms with Gasteiger partial charge >= 0.3 is 0 Å². The van der Waals surface area contributed by atoms with Crippen LogP contribution in [0.1, 0.15) is 38.3 Å². The highest BCUT2D eigenvalue weighted by Gasteiger charge is 2.21. The molecule has 19 heavy (non-hydrogen) atoms. The van der Waals surface area contributed by atoms with Crippen molar-refractivity contribution in [3.8, 4) is 5.75 Å². The lowest BCUT2D eigenvalue weighted by Crippen LogP contribution is -2.29. The lowest BCUT2D eigenvalue weighted by Gasteiger charge is -2.20. The van der Waals surface area contributed by atoms with Gasteiger partial charge in [-0.1, -0.05) is 12.1 Å². The second-order valence-corrected chi connectivity index (χ2v) is 5.42. The Balaban J connectivity index is 1.97. The van der Waals surface area contributed by atoms with E-state index in [4.69, 9.17) is 15.3 Å². The molecular formula is C15H24N2O2. The average Bonchev–Trinajstić information content (AvgIpc) is 2.89. The SMILES string of the molecule is CC(C)Oc1ccc(C(CC2CCOC2)NN)cc1. The molecule has 0 radical (unpaired) electrons. The summed E-state index contributed by atoms with van der Waals surface area (Å²) in [6.07, 6.45) is 2.35. The highest BCUT2D eigenvalue weighted by molar-refractivity contribution is 5.29. The maximum atomic E-state index is 5.68. The Morgan fingerprint density at radius 2 is 2.11 bits per heavy atom. The topological polar surface area (TPSA) is 56.5 Å². The molecule has 1 aliphatic heterocycles. The highest BCUT2D eigenvalue weighted by Crippen LogP contribution is 2.27. The van der Waals surface area contributed by atoms with E-state index >= 15 is 0 Å². The van der Waals surface area contributed by atoms with E-state index in [1.807, 2.05) is 26.0 Å². The van der Waals surface area contributed by atoms with Gasteiger partial charge in [0.1, 0.15) is 5.75 Å². The van der Waals surface area contributed by atoms with E-state index in [1.165, 1.54) is 5.56 Å². The van der Waals surface area contributed by atoms with Crippen LogP contribution in [0.4, 0.5) is 0 Å². The second kappa shape index (κ2) is 6.89. The standard InChI is InChI=1S/C15H24N2O2/c1-11(2)19-14-5-3-13(4-6-14)15(17-16)9-12-7-8-18-10-12/h3-6,11-12,15,17H,7-10,16H2,1-2H3. The van der Waals surface area contributed by atoms with Crippen LogP contribution >= 0.6 is 0 Å². The fourth-order valence-corrected chi connectivity index (χ4v) is 2.45. The molecule has 2 rings (SSSR count). The van der Waals surface area contributed by atoms with Crippen LogP contribution in [0.5, 0.6) is 5.75 Å². The summed E-state index contributed by atoms with van der Waals surface area (Å²) in [5.41, 5.74) is 4.11. The Morgan fingerprint density at radius 1 is 1.37 bits per heavy atom. The quantitative estimate of drug-likeness (QED) is 0.612. The second-order valence-electron chi connectivity index (χ2n) is 5.42. The maximum Gasteiger partial charge on any atom is 0.119 e. The maximum absolute atomic E-state index is 5.68. The molecule has 1 aromatic rings. The summed E-state index contributed by atoms with van der Waals surface area (Å²) in [7, 11) is 0. The van der Waals surface area contributed by atoms with Gasteiger partial charge in [-0.25, -0.2) is 0 Å². The van der Waals surface area contributed by atoms with Crippen molar-refractivity contribution in [2.75, 3.05) is 13.2 Å². The van der Waals surface area contributed by atoms with Crippen molar-refractivity contribution < 1.29 is 9.47 Å². The third-order valence-electron chi connectivity index (χ3n) is 3.45. The van der Waals surface area contributed by atoms with E-state index in [2.05, 4.69) is 17.6 Å². The number of hydrogen-bond donors (Lipinski definition) is 2. The normalized spacial score (nSPS) is 20.7. The molecule has 0 saturated carbocycles. The Morgan fingerprint density at radius 3 is 2.63 bits per heavy atom. The molecular weight excluding hydrogens is 240 g/mol. The number of rotatable bonds is 6. The van der Waals surface area contributed by atoms with Crippen molar-refractivity contribution in [3.05, 3.63) is 29.8 Å². The molecule has 1 heterocycles. The van der Waals surface area contributed by atoms with Gasteiger partial charge in [-0.05, 0) is 50.3 Å². The summed E-state index contributed by atoms with van der Waals surface area (Å²) < 4.78 is 11.1. The van der Waals surface area contributed by atoms with Crippen LogP contribution in [0, 0.1) is 5.92 Å². The molecule has 1 aliphatic rings. The Bertz CT molecular complexity index is 372. The first-order chi connectivity index (χ1) is 9.19. The van der Waals surface area contributed by atoms with E-state index in [1.54, 1.807) is 0 Å². The summed E-state index contributed by atoms with van der Waals surface area (Å²) in [6.45, 7) is 5.78. The van der Waals surface area contributed by atoms with Crippen LogP contribution in [0.15, 0.2) is 24.3 Å². The molecule has 0 aromatic heterocycles. The third kappa shape index (κ3) is 4.20. The summed E-state index contributed by atoms with van der Waals surface area (Å²) in [5.74, 6) is 7.19. The van der Waals surface area contributed by atoms with Crippen LogP contribution in [0.25, 0.3) is 0 Å². The predicted molar refractivity (Wildman–Crippen MR) is 75.8 cm³/mol. The smallest absolute Gasteiger partial charge is 0.119 e. The molecule has 106 valence electrons. The summed E-state index contributed by atoms with van der Waals surface area (Å²) in [5, 5.41) is 0. The van der Waals surface area contributed by atoms with Gasteiger partial charge in [0, 0.05) is 19.3 Å². The first-order valence-corrected chi connectivity index (χ1v) is 6.99. The minimum absolute atomic E-state index is 0.180. The third-order valence-corrected chi connectivity index (χ3v) is 3.45. The summed E-state index contributed by atoms with van der Waals surface area (Å²) >= 11 is 0. The van der Waals surface area contributed by atoms with E-state index in [0.717, 1.165) is 31.8 Å². The van der Waals surface area contributed by atoms with Crippen molar-refractivity contribution in [1.82, 2.24) is 5.43 Å². The molecule has 1 aromatic carbocycles. The number of ether oxygens (including phenoxy) is 2. The monoisotopic (exact) mass is 264 g/mol. The van der Waals surface area contributed by atoms with Crippen molar-refractivity contribution in [3.63, 3.8) is 0 Å².